The van der Waals surface area contributed by atoms with Gasteiger partial charge in [-0.2, -0.15) is 0 Å². The van der Waals surface area contributed by atoms with E-state index in [-0.39, 0.29) is 11.9 Å². The highest BCUT2D eigenvalue weighted by Crippen LogP contribution is 2.24. The standard InChI is InChI=1S/C14H15BrN2OS/c1-2-5-11(12-7-4-9-19-12)17-14(18)13-10(15)6-3-8-16-13/h3-4,6-9,11H,2,5H2,1H3,(H,17,18). The molecule has 2 aromatic heterocycles. The van der Waals surface area contributed by atoms with Crippen LogP contribution in [0, 0.1) is 0 Å². The minimum Gasteiger partial charge on any atom is -0.343 e. The van der Waals surface area contributed by atoms with Crippen LogP contribution in [0.15, 0.2) is 40.3 Å². The Morgan fingerprint density at radius 1 is 1.47 bits per heavy atom. The molecule has 0 bridgehead atoms. The topological polar surface area (TPSA) is 42.0 Å². The van der Waals surface area contributed by atoms with Crippen LogP contribution in [-0.2, 0) is 0 Å². The van der Waals surface area contributed by atoms with Crippen LogP contribution in [0.1, 0.15) is 41.2 Å². The molecule has 5 heteroatoms. The molecular weight excluding hydrogens is 324 g/mol. The minimum absolute atomic E-state index is 0.0615. The van der Waals surface area contributed by atoms with Crippen LogP contribution in [0.2, 0.25) is 0 Å². The van der Waals surface area contributed by atoms with E-state index < -0.39 is 0 Å². The van der Waals surface area contributed by atoms with Gasteiger partial charge in [-0.25, -0.2) is 4.98 Å². The molecule has 0 aliphatic carbocycles. The normalized spacial score (nSPS) is 12.1. The van der Waals surface area contributed by atoms with E-state index >= 15 is 0 Å². The average molecular weight is 339 g/mol. The molecule has 0 saturated carbocycles. The fraction of sp³-hybridized carbons (Fsp3) is 0.286. The molecule has 0 fully saturated rings. The maximum Gasteiger partial charge on any atom is 0.271 e. The van der Waals surface area contributed by atoms with Crippen molar-refractivity contribution < 1.29 is 4.79 Å². The van der Waals surface area contributed by atoms with Crippen molar-refractivity contribution in [3.8, 4) is 0 Å². The lowest BCUT2D eigenvalue weighted by Crippen LogP contribution is -2.29. The van der Waals surface area contributed by atoms with Gasteiger partial charge in [0.15, 0.2) is 0 Å². The van der Waals surface area contributed by atoms with Gasteiger partial charge in [-0.1, -0.05) is 19.4 Å². The Balaban J connectivity index is 2.14. The lowest BCUT2D eigenvalue weighted by Gasteiger charge is -2.16. The molecule has 2 heterocycles. The second-order valence-corrected chi connectivity index (χ2v) is 6.00. The molecule has 1 unspecified atom stereocenters. The van der Waals surface area contributed by atoms with Gasteiger partial charge in [-0.15, -0.1) is 11.3 Å². The molecule has 19 heavy (non-hydrogen) atoms. The first-order valence-corrected chi connectivity index (χ1v) is 7.84. The number of nitrogens with zero attached hydrogens (tertiary/aromatic N) is 1. The van der Waals surface area contributed by atoms with E-state index in [2.05, 4.69) is 39.2 Å². The summed E-state index contributed by atoms with van der Waals surface area (Å²) in [5.74, 6) is -0.140. The third-order valence-corrected chi connectivity index (χ3v) is 4.37. The number of hydrogen-bond acceptors (Lipinski definition) is 3. The predicted molar refractivity (Wildman–Crippen MR) is 81.4 cm³/mol. The van der Waals surface area contributed by atoms with Crippen molar-refractivity contribution in [1.29, 1.82) is 0 Å². The molecule has 0 saturated heterocycles. The van der Waals surface area contributed by atoms with E-state index in [1.54, 1.807) is 23.6 Å². The van der Waals surface area contributed by atoms with Crippen LogP contribution in [0.3, 0.4) is 0 Å². The van der Waals surface area contributed by atoms with Crippen molar-refractivity contribution in [2.45, 2.75) is 25.8 Å². The minimum atomic E-state index is -0.140. The third-order valence-electron chi connectivity index (χ3n) is 2.74. The summed E-state index contributed by atoms with van der Waals surface area (Å²) in [6.07, 6.45) is 3.57. The van der Waals surface area contributed by atoms with Gasteiger partial charge in [-0.05, 0) is 45.9 Å². The number of nitrogens with one attached hydrogen (secondary N) is 1. The lowest BCUT2D eigenvalue weighted by molar-refractivity contribution is 0.0929. The summed E-state index contributed by atoms with van der Waals surface area (Å²) in [7, 11) is 0. The maximum atomic E-state index is 12.2. The number of thiophene rings is 1. The number of hydrogen-bond donors (Lipinski definition) is 1. The number of halogens is 1. The Morgan fingerprint density at radius 2 is 2.32 bits per heavy atom. The Morgan fingerprint density at radius 3 is 2.95 bits per heavy atom. The van der Waals surface area contributed by atoms with E-state index in [0.29, 0.717) is 10.2 Å². The SMILES string of the molecule is CCCC(NC(=O)c1ncccc1Br)c1cccs1. The van der Waals surface area contributed by atoms with Crippen LogP contribution in [0.25, 0.3) is 0 Å². The van der Waals surface area contributed by atoms with Gasteiger partial charge < -0.3 is 5.32 Å². The van der Waals surface area contributed by atoms with Crippen molar-refractivity contribution in [2.24, 2.45) is 0 Å². The first-order valence-electron chi connectivity index (χ1n) is 6.17. The molecule has 2 aromatic rings. The zero-order chi connectivity index (χ0) is 13.7. The molecule has 2 rings (SSSR count). The van der Waals surface area contributed by atoms with E-state index in [1.165, 1.54) is 4.88 Å². The van der Waals surface area contributed by atoms with Gasteiger partial charge in [0.2, 0.25) is 0 Å². The first-order chi connectivity index (χ1) is 9.22. The number of carbonyl (C=O) groups excluding carboxylic acids is 1. The van der Waals surface area contributed by atoms with Gasteiger partial charge in [-0.3, -0.25) is 4.79 Å². The molecule has 0 radical (unpaired) electrons. The number of rotatable bonds is 5. The van der Waals surface area contributed by atoms with Crippen molar-refractivity contribution in [1.82, 2.24) is 10.3 Å². The summed E-state index contributed by atoms with van der Waals surface area (Å²) in [5.41, 5.74) is 0.431. The Labute approximate surface area is 125 Å². The zero-order valence-electron chi connectivity index (χ0n) is 10.6. The highest BCUT2D eigenvalue weighted by molar-refractivity contribution is 9.10. The zero-order valence-corrected chi connectivity index (χ0v) is 13.0. The molecule has 0 aliphatic heterocycles. The van der Waals surface area contributed by atoms with Crippen molar-refractivity contribution >= 4 is 33.2 Å². The molecule has 3 nitrogen and oxygen atoms in total. The highest BCUT2D eigenvalue weighted by atomic mass is 79.9. The fourth-order valence-electron chi connectivity index (χ4n) is 1.84. The molecule has 1 atom stereocenters. The predicted octanol–water partition coefficient (Wildman–Crippen LogP) is 4.18. The summed E-state index contributed by atoms with van der Waals surface area (Å²) >= 11 is 5.02. The lowest BCUT2D eigenvalue weighted by atomic mass is 10.1. The van der Waals surface area contributed by atoms with E-state index in [0.717, 1.165) is 12.8 Å². The summed E-state index contributed by atoms with van der Waals surface area (Å²) < 4.78 is 0.717. The third kappa shape index (κ3) is 3.64. The number of aromatic nitrogens is 1. The molecule has 0 spiro atoms. The molecule has 1 N–H and O–H groups in total. The quantitative estimate of drug-likeness (QED) is 0.888. The summed E-state index contributed by atoms with van der Waals surface area (Å²) in [6, 6.07) is 7.74. The summed E-state index contributed by atoms with van der Waals surface area (Å²) in [6.45, 7) is 2.11. The van der Waals surface area contributed by atoms with Gasteiger partial charge in [0.05, 0.1) is 6.04 Å². The van der Waals surface area contributed by atoms with Gasteiger partial charge in [0.1, 0.15) is 5.69 Å². The van der Waals surface area contributed by atoms with Crippen molar-refractivity contribution in [3.63, 3.8) is 0 Å². The largest absolute Gasteiger partial charge is 0.343 e. The maximum absolute atomic E-state index is 12.2. The number of amides is 1. The molecule has 0 aliphatic rings. The average Bonchev–Trinajstić information content (AvgIpc) is 2.92. The fourth-order valence-corrected chi connectivity index (χ4v) is 3.09. The molecule has 100 valence electrons. The second kappa shape index (κ2) is 6.82. The Kier molecular flexibility index (Phi) is 5.10. The van der Waals surface area contributed by atoms with Crippen LogP contribution in [-0.4, -0.2) is 10.9 Å². The summed E-state index contributed by atoms with van der Waals surface area (Å²) in [5, 5.41) is 5.09. The van der Waals surface area contributed by atoms with Gasteiger partial charge >= 0.3 is 0 Å². The number of pyridine rings is 1. The summed E-state index contributed by atoms with van der Waals surface area (Å²) in [4.78, 5) is 17.5. The van der Waals surface area contributed by atoms with E-state index in [9.17, 15) is 4.79 Å². The molecular formula is C14H15BrN2OS. The van der Waals surface area contributed by atoms with Crippen LogP contribution in [0.5, 0.6) is 0 Å². The Hall–Kier alpha value is -1.20. The Bertz CT molecular complexity index is 542. The van der Waals surface area contributed by atoms with Crippen LogP contribution < -0.4 is 5.32 Å². The molecule has 0 aromatic carbocycles. The van der Waals surface area contributed by atoms with Crippen molar-refractivity contribution in [3.05, 3.63) is 50.9 Å². The van der Waals surface area contributed by atoms with Crippen LogP contribution in [0.4, 0.5) is 0 Å². The van der Waals surface area contributed by atoms with Gasteiger partial charge in [0.25, 0.3) is 5.91 Å². The van der Waals surface area contributed by atoms with E-state index in [4.69, 9.17) is 0 Å². The van der Waals surface area contributed by atoms with E-state index in [1.807, 2.05) is 17.5 Å². The van der Waals surface area contributed by atoms with Gasteiger partial charge in [0, 0.05) is 15.5 Å². The monoisotopic (exact) mass is 338 g/mol. The first kappa shape index (κ1) is 14.2. The highest BCUT2D eigenvalue weighted by Gasteiger charge is 2.18. The van der Waals surface area contributed by atoms with Crippen LogP contribution >= 0.6 is 27.3 Å². The smallest absolute Gasteiger partial charge is 0.271 e. The second-order valence-electron chi connectivity index (χ2n) is 4.16. The molecule has 1 amide bonds. The van der Waals surface area contributed by atoms with Crippen molar-refractivity contribution in [2.75, 3.05) is 0 Å². The number of carbonyl (C=O) groups is 1.